The Labute approximate surface area is 110 Å². The van der Waals surface area contributed by atoms with E-state index in [-0.39, 0.29) is 6.10 Å². The SMILES string of the molecule is COCC(C)OCC(O)CN(C)CC1CCCN1. The number of aliphatic hydroxyl groups is 1. The van der Waals surface area contributed by atoms with Crippen molar-refractivity contribution < 1.29 is 14.6 Å². The molecule has 0 bridgehead atoms. The third-order valence-corrected chi connectivity index (χ3v) is 3.19. The summed E-state index contributed by atoms with van der Waals surface area (Å²) in [4.78, 5) is 2.16. The molecule has 108 valence electrons. The minimum atomic E-state index is -0.435. The van der Waals surface area contributed by atoms with Crippen LogP contribution in [-0.2, 0) is 9.47 Å². The van der Waals surface area contributed by atoms with Crippen LogP contribution in [0.1, 0.15) is 19.8 Å². The zero-order valence-corrected chi connectivity index (χ0v) is 11.9. The van der Waals surface area contributed by atoms with Crippen molar-refractivity contribution in [2.45, 2.75) is 38.0 Å². The summed E-state index contributed by atoms with van der Waals surface area (Å²) in [5.41, 5.74) is 0. The van der Waals surface area contributed by atoms with Crippen LogP contribution in [0.5, 0.6) is 0 Å². The first-order chi connectivity index (χ1) is 8.61. The normalized spacial score (nSPS) is 23.5. The van der Waals surface area contributed by atoms with Gasteiger partial charge in [-0.25, -0.2) is 0 Å². The molecular formula is C13H28N2O3. The van der Waals surface area contributed by atoms with Crippen LogP contribution in [0.3, 0.4) is 0 Å². The number of aliphatic hydroxyl groups excluding tert-OH is 1. The van der Waals surface area contributed by atoms with Gasteiger partial charge in [-0.2, -0.15) is 0 Å². The van der Waals surface area contributed by atoms with E-state index in [1.54, 1.807) is 7.11 Å². The average molecular weight is 260 g/mol. The molecule has 1 heterocycles. The molecule has 0 saturated carbocycles. The maximum absolute atomic E-state index is 9.88. The largest absolute Gasteiger partial charge is 0.389 e. The summed E-state index contributed by atoms with van der Waals surface area (Å²) in [5.74, 6) is 0. The maximum Gasteiger partial charge on any atom is 0.0900 e. The Morgan fingerprint density at radius 2 is 2.22 bits per heavy atom. The molecule has 5 heteroatoms. The van der Waals surface area contributed by atoms with Crippen LogP contribution in [-0.4, -0.2) is 75.3 Å². The molecule has 5 nitrogen and oxygen atoms in total. The third-order valence-electron chi connectivity index (χ3n) is 3.19. The van der Waals surface area contributed by atoms with Crippen molar-refractivity contribution in [1.29, 1.82) is 0 Å². The van der Waals surface area contributed by atoms with E-state index in [1.165, 1.54) is 12.8 Å². The Hall–Kier alpha value is -0.200. The number of nitrogens with zero attached hydrogens (tertiary/aromatic N) is 1. The molecule has 0 aromatic carbocycles. The predicted octanol–water partition coefficient (Wildman–Crippen LogP) is 0.0826. The number of ether oxygens (including phenoxy) is 2. The molecule has 1 aliphatic rings. The third kappa shape index (κ3) is 6.66. The molecule has 0 radical (unpaired) electrons. The number of nitrogens with one attached hydrogen (secondary N) is 1. The molecule has 1 rings (SSSR count). The Morgan fingerprint density at radius 1 is 1.44 bits per heavy atom. The molecule has 0 aromatic heterocycles. The Morgan fingerprint density at radius 3 is 2.83 bits per heavy atom. The monoisotopic (exact) mass is 260 g/mol. The van der Waals surface area contributed by atoms with Crippen LogP contribution in [0, 0.1) is 0 Å². The van der Waals surface area contributed by atoms with Gasteiger partial charge >= 0.3 is 0 Å². The average Bonchev–Trinajstić information content (AvgIpc) is 2.79. The highest BCUT2D eigenvalue weighted by molar-refractivity contribution is 4.77. The molecule has 0 spiro atoms. The van der Waals surface area contributed by atoms with Gasteiger partial charge in [0.25, 0.3) is 0 Å². The van der Waals surface area contributed by atoms with Gasteiger partial charge in [0.2, 0.25) is 0 Å². The van der Waals surface area contributed by atoms with E-state index < -0.39 is 6.10 Å². The fraction of sp³-hybridized carbons (Fsp3) is 1.00. The van der Waals surface area contributed by atoms with Gasteiger partial charge in [-0.05, 0) is 33.4 Å². The van der Waals surface area contributed by atoms with Crippen LogP contribution in [0.4, 0.5) is 0 Å². The predicted molar refractivity (Wildman–Crippen MR) is 71.8 cm³/mol. The van der Waals surface area contributed by atoms with Crippen LogP contribution in [0.2, 0.25) is 0 Å². The lowest BCUT2D eigenvalue weighted by Gasteiger charge is -2.24. The fourth-order valence-corrected chi connectivity index (χ4v) is 2.33. The highest BCUT2D eigenvalue weighted by Crippen LogP contribution is 2.06. The summed E-state index contributed by atoms with van der Waals surface area (Å²) in [5, 5.41) is 13.3. The zero-order chi connectivity index (χ0) is 13.4. The molecular weight excluding hydrogens is 232 g/mol. The summed E-state index contributed by atoms with van der Waals surface area (Å²) >= 11 is 0. The van der Waals surface area contributed by atoms with Gasteiger partial charge in [-0.1, -0.05) is 0 Å². The van der Waals surface area contributed by atoms with Crippen LogP contribution < -0.4 is 5.32 Å². The van der Waals surface area contributed by atoms with Gasteiger partial charge in [0.15, 0.2) is 0 Å². The lowest BCUT2D eigenvalue weighted by molar-refractivity contribution is -0.0383. The molecule has 3 unspecified atom stereocenters. The van der Waals surface area contributed by atoms with Gasteiger partial charge in [-0.15, -0.1) is 0 Å². The molecule has 18 heavy (non-hydrogen) atoms. The van der Waals surface area contributed by atoms with E-state index in [0.717, 1.165) is 13.1 Å². The van der Waals surface area contributed by atoms with Gasteiger partial charge in [0.1, 0.15) is 0 Å². The van der Waals surface area contributed by atoms with Crippen molar-refractivity contribution in [2.24, 2.45) is 0 Å². The van der Waals surface area contributed by atoms with Crippen LogP contribution in [0.25, 0.3) is 0 Å². The second-order valence-electron chi connectivity index (χ2n) is 5.27. The van der Waals surface area contributed by atoms with Crippen molar-refractivity contribution in [3.8, 4) is 0 Å². The van der Waals surface area contributed by atoms with Gasteiger partial charge in [0.05, 0.1) is 25.4 Å². The van der Waals surface area contributed by atoms with Crippen LogP contribution in [0.15, 0.2) is 0 Å². The van der Waals surface area contributed by atoms with Crippen molar-refractivity contribution in [3.05, 3.63) is 0 Å². The summed E-state index contributed by atoms with van der Waals surface area (Å²) in [6, 6.07) is 0.579. The molecule has 2 N–H and O–H groups in total. The number of likely N-dealkylation sites (N-methyl/N-ethyl adjacent to an activating group) is 1. The summed E-state index contributed by atoms with van der Waals surface area (Å²) in [6.45, 7) is 5.64. The van der Waals surface area contributed by atoms with Gasteiger partial charge in [-0.3, -0.25) is 0 Å². The van der Waals surface area contributed by atoms with E-state index in [1.807, 2.05) is 14.0 Å². The van der Waals surface area contributed by atoms with Gasteiger partial charge in [0, 0.05) is 26.2 Å². The zero-order valence-electron chi connectivity index (χ0n) is 11.9. The Balaban J connectivity index is 2.08. The maximum atomic E-state index is 9.88. The Kier molecular flexibility index (Phi) is 7.77. The van der Waals surface area contributed by atoms with E-state index in [4.69, 9.17) is 9.47 Å². The number of methoxy groups -OCH3 is 1. The molecule has 3 atom stereocenters. The van der Waals surface area contributed by atoms with Crippen molar-refractivity contribution >= 4 is 0 Å². The highest BCUT2D eigenvalue weighted by Gasteiger charge is 2.17. The Bertz CT molecular complexity index is 210. The summed E-state index contributed by atoms with van der Waals surface area (Å²) < 4.78 is 10.5. The van der Waals surface area contributed by atoms with Crippen molar-refractivity contribution in [3.63, 3.8) is 0 Å². The molecule has 1 saturated heterocycles. The van der Waals surface area contributed by atoms with Crippen molar-refractivity contribution in [1.82, 2.24) is 10.2 Å². The molecule has 0 aromatic rings. The minimum Gasteiger partial charge on any atom is -0.389 e. The minimum absolute atomic E-state index is 0.0338. The molecule has 1 aliphatic heterocycles. The van der Waals surface area contributed by atoms with E-state index in [9.17, 15) is 5.11 Å². The van der Waals surface area contributed by atoms with Crippen molar-refractivity contribution in [2.75, 3.05) is 47.0 Å². The number of rotatable bonds is 9. The van der Waals surface area contributed by atoms with Crippen LogP contribution >= 0.6 is 0 Å². The van der Waals surface area contributed by atoms with E-state index >= 15 is 0 Å². The topological polar surface area (TPSA) is 54.0 Å². The van der Waals surface area contributed by atoms with E-state index in [2.05, 4.69) is 10.2 Å². The quantitative estimate of drug-likeness (QED) is 0.615. The summed E-state index contributed by atoms with van der Waals surface area (Å²) in [6.07, 6.45) is 2.10. The summed E-state index contributed by atoms with van der Waals surface area (Å²) in [7, 11) is 3.69. The second kappa shape index (κ2) is 8.82. The van der Waals surface area contributed by atoms with Gasteiger partial charge < -0.3 is 24.8 Å². The highest BCUT2D eigenvalue weighted by atomic mass is 16.5. The lowest BCUT2D eigenvalue weighted by Crippen LogP contribution is -2.40. The molecule has 0 amide bonds. The first-order valence-electron chi connectivity index (χ1n) is 6.82. The number of hydrogen-bond acceptors (Lipinski definition) is 5. The molecule has 1 fully saturated rings. The first-order valence-corrected chi connectivity index (χ1v) is 6.82. The smallest absolute Gasteiger partial charge is 0.0900 e. The fourth-order valence-electron chi connectivity index (χ4n) is 2.33. The number of hydrogen-bond donors (Lipinski definition) is 2. The van der Waals surface area contributed by atoms with E-state index in [0.29, 0.717) is 25.8 Å². The lowest BCUT2D eigenvalue weighted by atomic mass is 10.2. The molecule has 0 aliphatic carbocycles. The second-order valence-corrected chi connectivity index (χ2v) is 5.27. The first kappa shape index (κ1) is 15.9. The standard InChI is InChI=1S/C13H28N2O3/c1-11(9-17-3)18-10-13(16)8-15(2)7-12-5-4-6-14-12/h11-14,16H,4-10H2,1-3H3.